The third-order valence-corrected chi connectivity index (χ3v) is 7.21. The van der Waals surface area contributed by atoms with Crippen LogP contribution in [-0.4, -0.2) is 36.7 Å². The van der Waals surface area contributed by atoms with Gasteiger partial charge in [0.15, 0.2) is 11.0 Å². The van der Waals surface area contributed by atoms with Gasteiger partial charge in [0, 0.05) is 56.5 Å². The molecule has 3 aromatic rings. The smallest absolute Gasteiger partial charge is 0.282 e. The number of carbonyl (C=O) groups excluding carboxylic acids is 1. The lowest BCUT2D eigenvalue weighted by Crippen LogP contribution is -2.31. The molecule has 0 radical (unpaired) electrons. The highest BCUT2D eigenvalue weighted by atomic mass is 35.5. The molecule has 0 aliphatic heterocycles. The zero-order valence-corrected chi connectivity index (χ0v) is 23.1. The molecule has 1 aromatic heterocycles. The monoisotopic (exact) mass is 530 g/mol. The van der Waals surface area contributed by atoms with Crippen molar-refractivity contribution in [2.75, 3.05) is 31.1 Å². The van der Waals surface area contributed by atoms with Crippen LogP contribution in [0.25, 0.3) is 23.2 Å². The molecule has 0 saturated carbocycles. The molecule has 194 valence electrons. The number of carbonyl (C=O) groups is 1. The molecule has 1 heterocycles. The molecule has 8 heteroatoms. The van der Waals surface area contributed by atoms with E-state index in [9.17, 15) is 4.79 Å². The van der Waals surface area contributed by atoms with Crippen molar-refractivity contribution in [3.63, 3.8) is 0 Å². The maximum Gasteiger partial charge on any atom is 0.282 e. The number of amides is 1. The van der Waals surface area contributed by atoms with E-state index in [-0.39, 0.29) is 5.91 Å². The molecule has 1 amide bonds. The molecule has 3 N–H and O–H groups in total. The van der Waals surface area contributed by atoms with Crippen LogP contribution < -0.4 is 20.5 Å². The molecule has 6 nitrogen and oxygen atoms in total. The molecular weight excluding hydrogens is 493 g/mol. The Morgan fingerprint density at radius 2 is 1.75 bits per heavy atom. The molecule has 0 saturated heterocycles. The molecule has 0 aliphatic carbocycles. The van der Waals surface area contributed by atoms with E-state index in [1.165, 1.54) is 5.69 Å². The van der Waals surface area contributed by atoms with Crippen LogP contribution in [-0.2, 0) is 18.4 Å². The summed E-state index contributed by atoms with van der Waals surface area (Å²) in [6.07, 6.45) is 7.57. The summed E-state index contributed by atoms with van der Waals surface area (Å²) >= 11 is 12.7. The number of nitrogens with zero attached hydrogens (tertiary/aromatic N) is 3. The Balaban J connectivity index is 1.80. The zero-order valence-electron chi connectivity index (χ0n) is 21.6. The van der Waals surface area contributed by atoms with Gasteiger partial charge in [0.2, 0.25) is 5.91 Å². The third-order valence-electron chi connectivity index (χ3n) is 6.49. The minimum atomic E-state index is 0.0651. The highest BCUT2D eigenvalue weighted by Crippen LogP contribution is 2.28. The average molecular weight is 532 g/mol. The summed E-state index contributed by atoms with van der Waals surface area (Å²) in [7, 11) is 2.05. The van der Waals surface area contributed by atoms with Crippen molar-refractivity contribution < 1.29 is 9.36 Å². The number of benzene rings is 2. The van der Waals surface area contributed by atoms with Gasteiger partial charge in [-0.1, -0.05) is 35.3 Å². The number of aromatic nitrogens is 2. The number of nitrogens with one attached hydrogen (secondary N) is 1. The molecule has 0 spiro atoms. The van der Waals surface area contributed by atoms with Crippen molar-refractivity contribution in [1.82, 2.24) is 9.88 Å². The number of imidazole rings is 1. The lowest BCUT2D eigenvalue weighted by molar-refractivity contribution is -0.647. The van der Waals surface area contributed by atoms with Crippen LogP contribution in [0, 0.1) is 0 Å². The van der Waals surface area contributed by atoms with Gasteiger partial charge in [-0.3, -0.25) is 4.79 Å². The topological polar surface area (TPSA) is 67.2 Å². The largest absolute Gasteiger partial charge is 0.372 e. The third kappa shape index (κ3) is 7.02. The predicted molar refractivity (Wildman–Crippen MR) is 153 cm³/mol. The molecule has 0 unspecified atom stereocenters. The maximum atomic E-state index is 11.8. The Morgan fingerprint density at radius 3 is 2.42 bits per heavy atom. The van der Waals surface area contributed by atoms with Gasteiger partial charge >= 0.3 is 0 Å². The lowest BCUT2D eigenvalue weighted by atomic mass is 10.1. The molecule has 0 bridgehead atoms. The average Bonchev–Trinajstić information content (AvgIpc) is 3.12. The molecule has 36 heavy (non-hydrogen) atoms. The fraction of sp³-hybridized carbons (Fsp3) is 0.429. The fourth-order valence-corrected chi connectivity index (χ4v) is 4.78. The van der Waals surface area contributed by atoms with Crippen molar-refractivity contribution in [3.05, 3.63) is 57.8 Å². The minimum Gasteiger partial charge on any atom is -0.372 e. The van der Waals surface area contributed by atoms with Crippen LogP contribution in [0.4, 0.5) is 5.69 Å². The van der Waals surface area contributed by atoms with Gasteiger partial charge < -0.3 is 16.0 Å². The van der Waals surface area contributed by atoms with Crippen LogP contribution in [0.3, 0.4) is 0 Å². The molecule has 3 rings (SSSR count). The minimum absolute atomic E-state index is 0.0651. The number of fused-ring (bicyclic) bond motifs is 1. The Morgan fingerprint density at radius 1 is 1.06 bits per heavy atom. The van der Waals surface area contributed by atoms with Gasteiger partial charge in [-0.2, -0.15) is 0 Å². The summed E-state index contributed by atoms with van der Waals surface area (Å²) < 4.78 is 4.44. The summed E-state index contributed by atoms with van der Waals surface area (Å²) in [5, 5.41) is 3.91. The number of anilines is 1. The van der Waals surface area contributed by atoms with E-state index in [4.69, 9.17) is 28.9 Å². The predicted octanol–water partition coefficient (Wildman–Crippen LogP) is 5.42. The standard InChI is InChI=1S/C28H37Cl2N5O/c1-4-34(5-2)22-13-10-21(11-14-22)12-15-28-33(3)25-19-23(29)24(30)20-26(25)35(28)18-8-6-7-9-27(36)32-17-16-31/h10-15,19-20H,4-9,16-18,31H2,1-3H3/p+1. The van der Waals surface area contributed by atoms with E-state index >= 15 is 0 Å². The van der Waals surface area contributed by atoms with Gasteiger partial charge in [0.25, 0.3) is 5.82 Å². The lowest BCUT2D eigenvalue weighted by Gasteiger charge is -2.20. The Labute approximate surface area is 224 Å². The number of aryl methyl sites for hydroxylation is 2. The van der Waals surface area contributed by atoms with Crippen LogP contribution in [0.15, 0.2) is 36.4 Å². The Hall–Kier alpha value is -2.54. The maximum absolute atomic E-state index is 11.8. The molecule has 2 aromatic carbocycles. The normalized spacial score (nSPS) is 11.5. The highest BCUT2D eigenvalue weighted by molar-refractivity contribution is 6.42. The van der Waals surface area contributed by atoms with E-state index in [0.29, 0.717) is 29.6 Å². The van der Waals surface area contributed by atoms with E-state index in [1.54, 1.807) is 0 Å². The van der Waals surface area contributed by atoms with Crippen molar-refractivity contribution in [1.29, 1.82) is 0 Å². The van der Waals surface area contributed by atoms with Gasteiger partial charge in [-0.25, -0.2) is 9.13 Å². The van der Waals surface area contributed by atoms with Crippen LogP contribution in [0.1, 0.15) is 50.9 Å². The first-order valence-electron chi connectivity index (χ1n) is 12.8. The fourth-order valence-electron chi connectivity index (χ4n) is 4.46. The van der Waals surface area contributed by atoms with Crippen LogP contribution in [0.5, 0.6) is 0 Å². The summed E-state index contributed by atoms with van der Waals surface area (Å²) in [5.41, 5.74) is 9.90. The zero-order chi connectivity index (χ0) is 26.1. The molecule has 0 fully saturated rings. The van der Waals surface area contributed by atoms with Gasteiger partial charge in [-0.15, -0.1) is 0 Å². The van der Waals surface area contributed by atoms with Gasteiger partial charge in [-0.05, 0) is 56.9 Å². The number of nitrogens with two attached hydrogens (primary N) is 1. The quantitative estimate of drug-likeness (QED) is 0.229. The second-order valence-electron chi connectivity index (χ2n) is 8.87. The van der Waals surface area contributed by atoms with Gasteiger partial charge in [0.05, 0.1) is 23.6 Å². The van der Waals surface area contributed by atoms with E-state index in [0.717, 1.165) is 61.3 Å². The van der Waals surface area contributed by atoms with Gasteiger partial charge in [0.1, 0.15) is 0 Å². The summed E-state index contributed by atoms with van der Waals surface area (Å²) in [5.74, 6) is 1.13. The first-order chi connectivity index (χ1) is 17.4. The Bertz CT molecular complexity index is 1180. The number of hydrogen-bond donors (Lipinski definition) is 2. The number of hydrogen-bond acceptors (Lipinski definition) is 3. The van der Waals surface area contributed by atoms with Crippen molar-refractivity contribution in [3.8, 4) is 0 Å². The van der Waals surface area contributed by atoms with Crippen molar-refractivity contribution in [2.45, 2.75) is 46.1 Å². The second kappa shape index (κ2) is 13.7. The first-order valence-corrected chi connectivity index (χ1v) is 13.5. The second-order valence-corrected chi connectivity index (χ2v) is 9.68. The molecule has 0 atom stereocenters. The summed E-state index contributed by atoms with van der Waals surface area (Å²) in [4.78, 5) is 14.2. The van der Waals surface area contributed by atoms with E-state index < -0.39 is 0 Å². The van der Waals surface area contributed by atoms with Crippen molar-refractivity contribution in [2.24, 2.45) is 12.8 Å². The van der Waals surface area contributed by atoms with Crippen LogP contribution >= 0.6 is 23.2 Å². The molecular formula is C28H38Cl2N5O+. The van der Waals surface area contributed by atoms with E-state index in [2.05, 4.69) is 69.6 Å². The van der Waals surface area contributed by atoms with Crippen molar-refractivity contribution >= 4 is 58.0 Å². The van der Waals surface area contributed by atoms with Crippen LogP contribution in [0.2, 0.25) is 10.0 Å². The first kappa shape index (κ1) is 28.0. The SMILES string of the molecule is CCN(CC)c1ccc(/C=C/c2n(CCCCCC(=O)NCCN)c3cc(Cl)c(Cl)cc3[n+]2C)cc1. The summed E-state index contributed by atoms with van der Waals surface area (Å²) in [6, 6.07) is 12.5. The van der Waals surface area contributed by atoms with E-state index in [1.807, 2.05) is 19.2 Å². The number of unbranched alkanes of at least 4 members (excludes halogenated alkanes) is 2. The number of rotatable bonds is 13. The molecule has 0 aliphatic rings. The number of halogens is 2. The highest BCUT2D eigenvalue weighted by Gasteiger charge is 2.22. The summed E-state index contributed by atoms with van der Waals surface area (Å²) in [6.45, 7) is 8.14. The Kier molecular flexibility index (Phi) is 10.7.